The normalized spacial score (nSPS) is 10.7. The van der Waals surface area contributed by atoms with E-state index in [2.05, 4.69) is 26.5 Å². The van der Waals surface area contributed by atoms with Crippen molar-refractivity contribution in [2.45, 2.75) is 0 Å². The highest BCUT2D eigenvalue weighted by atomic mass is 79.9. The van der Waals surface area contributed by atoms with Crippen molar-refractivity contribution in [3.8, 4) is 5.75 Å². The van der Waals surface area contributed by atoms with E-state index in [1.807, 2.05) is 0 Å². The Balaban J connectivity index is 2.05. The number of hydrogen-bond acceptors (Lipinski definition) is 3. The molecule has 2 aromatic carbocycles. The Hall–Kier alpha value is -1.85. The summed E-state index contributed by atoms with van der Waals surface area (Å²) < 4.78 is 0.696. The molecule has 4 nitrogen and oxygen atoms in total. The molecule has 6 heteroatoms. The van der Waals surface area contributed by atoms with E-state index in [9.17, 15) is 9.90 Å². The third kappa shape index (κ3) is 3.82. The van der Waals surface area contributed by atoms with Crippen molar-refractivity contribution >= 4 is 39.7 Å². The molecule has 0 fully saturated rings. The van der Waals surface area contributed by atoms with Gasteiger partial charge >= 0.3 is 0 Å². The second-order valence-electron chi connectivity index (χ2n) is 3.91. The highest BCUT2D eigenvalue weighted by Crippen LogP contribution is 2.21. The lowest BCUT2D eigenvalue weighted by molar-refractivity contribution is 0.0952. The topological polar surface area (TPSA) is 61.7 Å². The van der Waals surface area contributed by atoms with Gasteiger partial charge in [-0.05, 0) is 35.9 Å². The van der Waals surface area contributed by atoms with E-state index in [0.29, 0.717) is 9.50 Å². The number of benzene rings is 2. The van der Waals surface area contributed by atoms with E-state index in [4.69, 9.17) is 11.6 Å². The van der Waals surface area contributed by atoms with Gasteiger partial charge in [0.2, 0.25) is 0 Å². The van der Waals surface area contributed by atoms with Gasteiger partial charge in [-0.3, -0.25) is 4.79 Å². The van der Waals surface area contributed by atoms with Crippen molar-refractivity contribution < 1.29 is 9.90 Å². The minimum Gasteiger partial charge on any atom is -0.507 e. The first-order chi connectivity index (χ1) is 9.56. The lowest BCUT2D eigenvalue weighted by atomic mass is 10.2. The van der Waals surface area contributed by atoms with Gasteiger partial charge in [0, 0.05) is 9.50 Å². The number of phenolic OH excluding ortho intramolecular Hbond substituents is 1. The average Bonchev–Trinajstić information content (AvgIpc) is 2.43. The van der Waals surface area contributed by atoms with Crippen LogP contribution in [-0.2, 0) is 0 Å². The second kappa shape index (κ2) is 6.54. The van der Waals surface area contributed by atoms with Crippen LogP contribution in [0.25, 0.3) is 0 Å². The minimum atomic E-state index is -0.492. The second-order valence-corrected chi connectivity index (χ2v) is 5.26. The predicted octanol–water partition coefficient (Wildman–Crippen LogP) is 3.57. The quantitative estimate of drug-likeness (QED) is 0.654. The largest absolute Gasteiger partial charge is 0.507 e. The monoisotopic (exact) mass is 352 g/mol. The van der Waals surface area contributed by atoms with Crippen LogP contribution in [0.15, 0.2) is 52.0 Å². The Morgan fingerprint density at radius 1 is 1.25 bits per heavy atom. The smallest absolute Gasteiger partial charge is 0.275 e. The predicted molar refractivity (Wildman–Crippen MR) is 82.3 cm³/mol. The first-order valence-electron chi connectivity index (χ1n) is 5.64. The van der Waals surface area contributed by atoms with Gasteiger partial charge in [-0.2, -0.15) is 5.10 Å². The lowest BCUT2D eigenvalue weighted by Gasteiger charge is -2.03. The van der Waals surface area contributed by atoms with Gasteiger partial charge in [-0.1, -0.05) is 39.7 Å². The molecule has 2 rings (SSSR count). The number of halogens is 2. The van der Waals surface area contributed by atoms with Crippen LogP contribution in [0.1, 0.15) is 15.9 Å². The summed E-state index contributed by atoms with van der Waals surface area (Å²) in [7, 11) is 0. The molecule has 0 radical (unpaired) electrons. The molecule has 0 aliphatic carbocycles. The number of phenols is 1. The maximum Gasteiger partial charge on any atom is 0.275 e. The highest BCUT2D eigenvalue weighted by Gasteiger charge is 2.10. The van der Waals surface area contributed by atoms with E-state index in [1.165, 1.54) is 18.3 Å². The number of nitrogens with one attached hydrogen (secondary N) is 1. The molecule has 102 valence electrons. The first kappa shape index (κ1) is 14.6. The summed E-state index contributed by atoms with van der Waals surface area (Å²) in [6, 6.07) is 11.6. The number of carbonyl (C=O) groups excluding carboxylic acids is 1. The highest BCUT2D eigenvalue weighted by molar-refractivity contribution is 9.10. The van der Waals surface area contributed by atoms with Crippen molar-refractivity contribution in [3.63, 3.8) is 0 Å². The molecule has 0 aliphatic rings. The van der Waals surface area contributed by atoms with Crippen molar-refractivity contribution in [1.82, 2.24) is 5.43 Å². The van der Waals surface area contributed by atoms with Crippen molar-refractivity contribution in [1.29, 1.82) is 0 Å². The zero-order valence-corrected chi connectivity index (χ0v) is 12.5. The summed E-state index contributed by atoms with van der Waals surface area (Å²) in [5, 5.41) is 14.1. The van der Waals surface area contributed by atoms with E-state index in [0.717, 1.165) is 5.56 Å². The molecule has 0 spiro atoms. The van der Waals surface area contributed by atoms with Gasteiger partial charge in [0.1, 0.15) is 5.75 Å². The number of hydrazone groups is 1. The zero-order valence-electron chi connectivity index (χ0n) is 10.2. The summed E-state index contributed by atoms with van der Waals surface area (Å²) in [4.78, 5) is 11.8. The zero-order chi connectivity index (χ0) is 14.5. The van der Waals surface area contributed by atoms with Crippen LogP contribution in [0.3, 0.4) is 0 Å². The Morgan fingerprint density at radius 3 is 2.65 bits per heavy atom. The van der Waals surface area contributed by atoms with Gasteiger partial charge < -0.3 is 5.11 Å². The van der Waals surface area contributed by atoms with E-state index >= 15 is 0 Å². The van der Waals surface area contributed by atoms with Gasteiger partial charge in [-0.15, -0.1) is 0 Å². The average molecular weight is 354 g/mol. The van der Waals surface area contributed by atoms with Crippen LogP contribution in [-0.4, -0.2) is 17.2 Å². The van der Waals surface area contributed by atoms with Gasteiger partial charge in [-0.25, -0.2) is 5.43 Å². The minimum absolute atomic E-state index is 0.104. The maximum absolute atomic E-state index is 11.8. The summed E-state index contributed by atoms with van der Waals surface area (Å²) in [5.41, 5.74) is 3.29. The van der Waals surface area contributed by atoms with E-state index < -0.39 is 5.91 Å². The van der Waals surface area contributed by atoms with Crippen molar-refractivity contribution in [2.24, 2.45) is 5.10 Å². The molecule has 20 heavy (non-hydrogen) atoms. The van der Waals surface area contributed by atoms with Crippen molar-refractivity contribution in [2.75, 3.05) is 0 Å². The van der Waals surface area contributed by atoms with Gasteiger partial charge in [0.05, 0.1) is 11.8 Å². The molecule has 0 atom stereocenters. The molecule has 0 unspecified atom stereocenters. The van der Waals surface area contributed by atoms with Crippen molar-refractivity contribution in [3.05, 3.63) is 63.1 Å². The molecule has 2 N–H and O–H groups in total. The number of rotatable bonds is 3. The fourth-order valence-corrected chi connectivity index (χ4v) is 1.95. The molecule has 0 aliphatic heterocycles. The van der Waals surface area contributed by atoms with E-state index in [1.54, 1.807) is 30.3 Å². The van der Waals surface area contributed by atoms with Crippen LogP contribution in [0.4, 0.5) is 0 Å². The molecule has 0 heterocycles. The number of carbonyl (C=O) groups is 1. The summed E-state index contributed by atoms with van der Waals surface area (Å²) in [6.07, 6.45) is 1.49. The fourth-order valence-electron chi connectivity index (χ4n) is 1.46. The summed E-state index contributed by atoms with van der Waals surface area (Å²) in [5.74, 6) is -0.596. The van der Waals surface area contributed by atoms with Gasteiger partial charge in [0.25, 0.3) is 5.91 Å². The Kier molecular flexibility index (Phi) is 4.76. The van der Waals surface area contributed by atoms with Crippen LogP contribution < -0.4 is 5.43 Å². The number of amides is 1. The Morgan fingerprint density at radius 2 is 1.95 bits per heavy atom. The van der Waals surface area contributed by atoms with Crippen LogP contribution in [0.5, 0.6) is 5.75 Å². The van der Waals surface area contributed by atoms with E-state index in [-0.39, 0.29) is 11.3 Å². The molecule has 0 saturated heterocycles. The lowest BCUT2D eigenvalue weighted by Crippen LogP contribution is -2.17. The Bertz CT molecular complexity index is 657. The summed E-state index contributed by atoms with van der Waals surface area (Å²) in [6.45, 7) is 0. The van der Waals surface area contributed by atoms with Gasteiger partial charge in [0.15, 0.2) is 0 Å². The van der Waals surface area contributed by atoms with Crippen LogP contribution >= 0.6 is 27.5 Å². The molecule has 0 bridgehead atoms. The summed E-state index contributed by atoms with van der Waals surface area (Å²) >= 11 is 9.00. The van der Waals surface area contributed by atoms with Crippen LogP contribution in [0.2, 0.25) is 5.02 Å². The molecule has 0 saturated carbocycles. The first-order valence-corrected chi connectivity index (χ1v) is 6.81. The molecular formula is C14H10BrClN2O2. The molecule has 2 aromatic rings. The Labute approximate surface area is 129 Å². The SMILES string of the molecule is O=C(NN=Cc1ccc(Cl)cc1)c1cc(Br)ccc1O. The fraction of sp³-hybridized carbons (Fsp3) is 0. The third-order valence-electron chi connectivity index (χ3n) is 2.45. The third-order valence-corrected chi connectivity index (χ3v) is 3.20. The molecular weight excluding hydrogens is 344 g/mol. The number of nitrogens with zero attached hydrogens (tertiary/aromatic N) is 1. The molecule has 1 amide bonds. The number of aromatic hydroxyl groups is 1. The maximum atomic E-state index is 11.8. The number of hydrogen-bond donors (Lipinski definition) is 2. The van der Waals surface area contributed by atoms with Crippen LogP contribution in [0, 0.1) is 0 Å². The molecule has 0 aromatic heterocycles. The standard InChI is InChI=1S/C14H10BrClN2O2/c15-10-3-6-13(19)12(7-10)14(20)18-17-8-9-1-4-11(16)5-2-9/h1-8,19H,(H,18,20).